The van der Waals surface area contributed by atoms with Gasteiger partial charge in [0.1, 0.15) is 17.9 Å². The maximum absolute atomic E-state index is 14.3. The molecule has 1 spiro atoms. The van der Waals surface area contributed by atoms with Gasteiger partial charge < -0.3 is 24.8 Å². The van der Waals surface area contributed by atoms with Crippen LogP contribution in [-0.4, -0.2) is 82.9 Å². The number of hydrogen-bond donors (Lipinski definition) is 1. The summed E-state index contributed by atoms with van der Waals surface area (Å²) in [5, 5.41) is 3.46. The van der Waals surface area contributed by atoms with Gasteiger partial charge in [-0.2, -0.15) is 0 Å². The van der Waals surface area contributed by atoms with Crippen molar-refractivity contribution >= 4 is 17.6 Å². The highest BCUT2D eigenvalue weighted by molar-refractivity contribution is 5.97. The lowest BCUT2D eigenvalue weighted by Crippen LogP contribution is -2.62. The van der Waals surface area contributed by atoms with Crippen LogP contribution >= 0.6 is 0 Å². The molecule has 0 radical (unpaired) electrons. The smallest absolute Gasteiger partial charge is 0.257 e. The van der Waals surface area contributed by atoms with E-state index in [1.807, 2.05) is 31.7 Å². The van der Waals surface area contributed by atoms with Gasteiger partial charge in [0.2, 0.25) is 5.91 Å². The highest BCUT2D eigenvalue weighted by atomic mass is 19.1. The van der Waals surface area contributed by atoms with Crippen LogP contribution in [0, 0.1) is 11.2 Å². The van der Waals surface area contributed by atoms with E-state index in [1.54, 1.807) is 11.1 Å². The van der Waals surface area contributed by atoms with Gasteiger partial charge in [0.05, 0.1) is 17.8 Å². The van der Waals surface area contributed by atoms with E-state index in [1.165, 1.54) is 30.1 Å². The van der Waals surface area contributed by atoms with Gasteiger partial charge >= 0.3 is 0 Å². The molecule has 0 unspecified atom stereocenters. The Morgan fingerprint density at radius 2 is 1.86 bits per heavy atom. The molecule has 6 rings (SSSR count). The Bertz CT molecular complexity index is 1490. The number of anilines is 1. The van der Waals surface area contributed by atoms with Crippen molar-refractivity contribution in [3.63, 3.8) is 0 Å². The number of amides is 2. The van der Waals surface area contributed by atoms with Crippen LogP contribution in [0.2, 0.25) is 0 Å². The fraction of sp³-hybridized carbons (Fsp3) is 0.471. The van der Waals surface area contributed by atoms with Crippen LogP contribution in [0.25, 0.3) is 0 Å². The second kappa shape index (κ2) is 12.5. The van der Waals surface area contributed by atoms with Crippen molar-refractivity contribution in [3.8, 4) is 11.5 Å². The zero-order valence-corrected chi connectivity index (χ0v) is 25.7. The molecule has 1 aromatic heterocycles. The number of piperidine rings is 1. The second-order valence-corrected chi connectivity index (χ2v) is 12.6. The first kappa shape index (κ1) is 30.0. The monoisotopic (exact) mass is 600 g/mol. The number of aromatic nitrogens is 2. The van der Waals surface area contributed by atoms with Crippen molar-refractivity contribution in [1.82, 2.24) is 25.1 Å². The van der Waals surface area contributed by atoms with Crippen LogP contribution in [0.1, 0.15) is 61.9 Å². The van der Waals surface area contributed by atoms with Crippen LogP contribution in [0.15, 0.2) is 61.1 Å². The predicted molar refractivity (Wildman–Crippen MR) is 166 cm³/mol. The Kier molecular flexibility index (Phi) is 8.53. The number of benzene rings is 2. The van der Waals surface area contributed by atoms with Crippen molar-refractivity contribution in [2.75, 3.05) is 44.2 Å². The van der Waals surface area contributed by atoms with E-state index in [4.69, 9.17) is 4.74 Å². The molecular weight excluding hydrogens is 559 g/mol. The van der Waals surface area contributed by atoms with Crippen LogP contribution < -0.4 is 15.0 Å². The zero-order valence-electron chi connectivity index (χ0n) is 25.7. The molecule has 2 aromatic carbocycles. The lowest BCUT2D eigenvalue weighted by Gasteiger charge is -2.54. The topological polar surface area (TPSA) is 90.9 Å². The highest BCUT2D eigenvalue weighted by Crippen LogP contribution is 2.45. The summed E-state index contributed by atoms with van der Waals surface area (Å²) in [5.41, 5.74) is 1.57. The van der Waals surface area contributed by atoms with E-state index in [0.717, 1.165) is 52.0 Å². The highest BCUT2D eigenvalue weighted by Gasteiger charge is 2.47. The van der Waals surface area contributed by atoms with E-state index in [2.05, 4.69) is 44.5 Å². The molecule has 2 atom stereocenters. The summed E-state index contributed by atoms with van der Waals surface area (Å²) in [6.07, 6.45) is 5.78. The molecular formula is C34H41FN6O3. The Hall–Kier alpha value is -4.05. The normalized spacial score (nSPS) is 20.9. The third kappa shape index (κ3) is 6.00. The van der Waals surface area contributed by atoms with Crippen molar-refractivity contribution in [3.05, 3.63) is 78.0 Å². The average molecular weight is 601 g/mol. The van der Waals surface area contributed by atoms with E-state index >= 15 is 0 Å². The van der Waals surface area contributed by atoms with Gasteiger partial charge in [-0.25, -0.2) is 14.4 Å². The van der Waals surface area contributed by atoms with Crippen molar-refractivity contribution < 1.29 is 18.7 Å². The molecule has 2 amide bonds. The lowest BCUT2D eigenvalue weighted by molar-refractivity contribution is -0.135. The SMILES string of the molecule is CCN(C(=O)c1cc(F)ccc1Oc1cncnc1N1CC2(CCN(C(=O)[C@@H]3C[C@@H](c4ccccc4)CN3)CC2)C1)C(C)C. The molecule has 10 heteroatoms. The number of carbonyl (C=O) groups is 2. The number of hydrogen-bond acceptors (Lipinski definition) is 7. The zero-order chi connectivity index (χ0) is 30.8. The van der Waals surface area contributed by atoms with Gasteiger partial charge in [0, 0.05) is 50.7 Å². The number of nitrogens with zero attached hydrogens (tertiary/aromatic N) is 5. The first-order valence-corrected chi connectivity index (χ1v) is 15.7. The molecule has 3 saturated heterocycles. The third-order valence-electron chi connectivity index (χ3n) is 9.46. The fourth-order valence-electron chi connectivity index (χ4n) is 6.95. The van der Waals surface area contributed by atoms with Gasteiger partial charge in [-0.3, -0.25) is 9.59 Å². The second-order valence-electron chi connectivity index (χ2n) is 12.6. The largest absolute Gasteiger partial charge is 0.451 e. The first-order chi connectivity index (χ1) is 21.3. The Balaban J connectivity index is 1.08. The maximum Gasteiger partial charge on any atom is 0.257 e. The molecule has 232 valence electrons. The van der Waals surface area contributed by atoms with Crippen LogP contribution in [0.5, 0.6) is 11.5 Å². The summed E-state index contributed by atoms with van der Waals surface area (Å²) in [6, 6.07) is 14.3. The van der Waals surface area contributed by atoms with E-state index in [0.29, 0.717) is 24.0 Å². The summed E-state index contributed by atoms with van der Waals surface area (Å²) >= 11 is 0. The van der Waals surface area contributed by atoms with Crippen LogP contribution in [-0.2, 0) is 4.79 Å². The van der Waals surface area contributed by atoms with Gasteiger partial charge in [-0.15, -0.1) is 0 Å². The number of likely N-dealkylation sites (tertiary alicyclic amines) is 1. The van der Waals surface area contributed by atoms with Gasteiger partial charge in [-0.1, -0.05) is 30.3 Å². The summed E-state index contributed by atoms with van der Waals surface area (Å²) in [7, 11) is 0. The minimum atomic E-state index is -0.501. The standard InChI is InChI=1S/C34H41FN6O3/c1-4-41(23(2)3)32(42)27-17-26(35)10-11-29(27)44-30-19-36-22-38-31(30)40-20-34(21-40)12-14-39(15-13-34)33(43)28-16-25(18-37-28)24-8-6-5-7-9-24/h5-11,17,19,22-23,25,28,37H,4,12-16,18,20-21H2,1-3H3/t25-,28+/m1/s1. The van der Waals surface area contributed by atoms with Crippen molar-refractivity contribution in [1.29, 1.82) is 0 Å². The van der Waals surface area contributed by atoms with E-state index in [-0.39, 0.29) is 40.6 Å². The number of rotatable bonds is 8. The number of halogens is 1. The lowest BCUT2D eigenvalue weighted by atomic mass is 9.72. The van der Waals surface area contributed by atoms with Crippen LogP contribution in [0.4, 0.5) is 10.2 Å². The quantitative estimate of drug-likeness (QED) is 0.395. The number of ether oxygens (including phenoxy) is 1. The Labute approximate surface area is 258 Å². The van der Waals surface area contributed by atoms with Gasteiger partial charge in [0.15, 0.2) is 11.6 Å². The molecule has 4 heterocycles. The van der Waals surface area contributed by atoms with Crippen molar-refractivity contribution in [2.24, 2.45) is 5.41 Å². The molecule has 0 saturated carbocycles. The minimum absolute atomic E-state index is 0.0427. The molecule has 3 aliphatic rings. The molecule has 9 nitrogen and oxygen atoms in total. The van der Waals surface area contributed by atoms with Gasteiger partial charge in [-0.05, 0) is 69.7 Å². The summed E-state index contributed by atoms with van der Waals surface area (Å²) in [5.74, 6) is 1.12. The summed E-state index contributed by atoms with van der Waals surface area (Å²) in [6.45, 7) is 10.2. The molecule has 0 aliphatic carbocycles. The Morgan fingerprint density at radius 1 is 1.11 bits per heavy atom. The maximum atomic E-state index is 14.3. The fourth-order valence-corrected chi connectivity index (χ4v) is 6.95. The molecule has 44 heavy (non-hydrogen) atoms. The van der Waals surface area contributed by atoms with Crippen molar-refractivity contribution in [2.45, 2.75) is 58.0 Å². The van der Waals surface area contributed by atoms with Crippen LogP contribution in [0.3, 0.4) is 0 Å². The molecule has 3 fully saturated rings. The molecule has 3 aliphatic heterocycles. The summed E-state index contributed by atoms with van der Waals surface area (Å²) < 4.78 is 20.5. The molecule has 3 aromatic rings. The summed E-state index contributed by atoms with van der Waals surface area (Å²) in [4.78, 5) is 41.2. The average Bonchev–Trinajstić information content (AvgIpc) is 3.52. The Morgan fingerprint density at radius 3 is 2.57 bits per heavy atom. The van der Waals surface area contributed by atoms with E-state index < -0.39 is 5.82 Å². The number of nitrogens with one attached hydrogen (secondary N) is 1. The first-order valence-electron chi connectivity index (χ1n) is 15.7. The van der Waals surface area contributed by atoms with E-state index in [9.17, 15) is 14.0 Å². The molecule has 0 bridgehead atoms. The third-order valence-corrected chi connectivity index (χ3v) is 9.46. The van der Waals surface area contributed by atoms with Gasteiger partial charge in [0.25, 0.3) is 5.91 Å². The minimum Gasteiger partial charge on any atom is -0.451 e. The predicted octanol–water partition coefficient (Wildman–Crippen LogP) is 4.85. The molecule has 1 N–H and O–H groups in total. The number of carbonyl (C=O) groups excluding carboxylic acids is 2.